The summed E-state index contributed by atoms with van der Waals surface area (Å²) in [5.41, 5.74) is -0.366. The van der Waals surface area contributed by atoms with Crippen LogP contribution in [-0.4, -0.2) is 12.6 Å². The van der Waals surface area contributed by atoms with E-state index in [-0.39, 0.29) is 5.41 Å². The van der Waals surface area contributed by atoms with E-state index in [1.54, 1.807) is 0 Å². The predicted octanol–water partition coefficient (Wildman–Crippen LogP) is 7.04. The van der Waals surface area contributed by atoms with E-state index in [1.165, 1.54) is 77.0 Å². The van der Waals surface area contributed by atoms with E-state index < -0.39 is 0 Å². The van der Waals surface area contributed by atoms with E-state index in [0.29, 0.717) is 6.42 Å². The summed E-state index contributed by atoms with van der Waals surface area (Å²) in [5.74, 6) is 0. The van der Waals surface area contributed by atoms with Crippen molar-refractivity contribution >= 4 is 12.6 Å². The van der Waals surface area contributed by atoms with Crippen LogP contribution in [0.25, 0.3) is 0 Å². The molecule has 0 bridgehead atoms. The second-order valence-corrected chi connectivity index (χ2v) is 7.59. The van der Waals surface area contributed by atoms with E-state index in [9.17, 15) is 9.59 Å². The van der Waals surface area contributed by atoms with Gasteiger partial charge >= 0.3 is 0 Å². The van der Waals surface area contributed by atoms with Crippen molar-refractivity contribution in [2.75, 3.05) is 0 Å². The van der Waals surface area contributed by atoms with Crippen molar-refractivity contribution in [1.82, 2.24) is 0 Å². The van der Waals surface area contributed by atoms with Crippen molar-refractivity contribution in [2.45, 2.75) is 123 Å². The van der Waals surface area contributed by atoms with Gasteiger partial charge in [0.15, 0.2) is 0 Å². The molecular formula is C22H42O2. The molecule has 0 unspecified atom stereocenters. The van der Waals surface area contributed by atoms with Crippen LogP contribution >= 0.6 is 0 Å². The molecule has 24 heavy (non-hydrogen) atoms. The Balaban J connectivity index is 3.94. The first kappa shape index (κ1) is 23.3. The molecule has 0 rings (SSSR count). The Bertz CT molecular complexity index is 268. The van der Waals surface area contributed by atoms with Gasteiger partial charge in [0.2, 0.25) is 0 Å². The van der Waals surface area contributed by atoms with Crippen LogP contribution in [0.3, 0.4) is 0 Å². The molecule has 0 N–H and O–H groups in total. The van der Waals surface area contributed by atoms with Crippen molar-refractivity contribution in [3.63, 3.8) is 0 Å². The molecule has 142 valence electrons. The Hall–Kier alpha value is -0.660. The number of carbonyl (C=O) groups excluding carboxylic acids is 2. The zero-order valence-corrected chi connectivity index (χ0v) is 16.5. The maximum Gasteiger partial charge on any atom is 0.126 e. The molecule has 2 nitrogen and oxygen atoms in total. The van der Waals surface area contributed by atoms with E-state index in [0.717, 1.165) is 38.3 Å². The molecule has 0 saturated heterocycles. The standard InChI is InChI=1S/C22H42O2/c1-3-5-7-9-11-13-15-17-22(21-24,19-20-23)18-16-14-12-10-8-6-4-2/h20-21H,3-19H2,1-2H3. The molecule has 0 aromatic rings. The fraction of sp³-hybridized carbons (Fsp3) is 0.909. The maximum absolute atomic E-state index is 11.7. The van der Waals surface area contributed by atoms with Crippen molar-refractivity contribution in [2.24, 2.45) is 5.41 Å². The summed E-state index contributed by atoms with van der Waals surface area (Å²) in [5, 5.41) is 0. The minimum atomic E-state index is -0.366. The molecule has 0 aliphatic rings. The monoisotopic (exact) mass is 338 g/mol. The molecule has 0 heterocycles. The highest BCUT2D eigenvalue weighted by Gasteiger charge is 2.28. The van der Waals surface area contributed by atoms with Crippen LogP contribution in [0.15, 0.2) is 0 Å². The zero-order chi connectivity index (χ0) is 17.9. The largest absolute Gasteiger partial charge is 0.303 e. The number of hydrogen-bond donors (Lipinski definition) is 0. The van der Waals surface area contributed by atoms with Gasteiger partial charge < -0.3 is 9.59 Å². The summed E-state index contributed by atoms with van der Waals surface area (Å²) < 4.78 is 0. The van der Waals surface area contributed by atoms with Crippen LogP contribution in [0.1, 0.15) is 123 Å². The van der Waals surface area contributed by atoms with Gasteiger partial charge in [-0.05, 0) is 12.8 Å². The number of rotatable bonds is 19. The number of unbranched alkanes of at least 4 members (excludes halogenated alkanes) is 12. The zero-order valence-electron chi connectivity index (χ0n) is 16.5. The lowest BCUT2D eigenvalue weighted by atomic mass is 9.77. The molecule has 0 aliphatic carbocycles. The lowest BCUT2D eigenvalue weighted by Gasteiger charge is -2.26. The average Bonchev–Trinajstić information content (AvgIpc) is 2.60. The molecule has 2 heteroatoms. The van der Waals surface area contributed by atoms with Gasteiger partial charge in [0, 0.05) is 11.8 Å². The van der Waals surface area contributed by atoms with Gasteiger partial charge in [-0.1, -0.05) is 104 Å². The van der Waals surface area contributed by atoms with Crippen LogP contribution in [0.5, 0.6) is 0 Å². The number of aldehydes is 2. The molecule has 0 aromatic heterocycles. The first-order chi connectivity index (χ1) is 11.7. The second-order valence-electron chi connectivity index (χ2n) is 7.59. The average molecular weight is 339 g/mol. The molecule has 0 fully saturated rings. The van der Waals surface area contributed by atoms with E-state index >= 15 is 0 Å². The Morgan fingerprint density at radius 1 is 0.583 bits per heavy atom. The van der Waals surface area contributed by atoms with Gasteiger partial charge in [-0.15, -0.1) is 0 Å². The number of hydrogen-bond acceptors (Lipinski definition) is 2. The molecule has 0 saturated carbocycles. The van der Waals surface area contributed by atoms with E-state index in [4.69, 9.17) is 0 Å². The lowest BCUT2D eigenvalue weighted by molar-refractivity contribution is -0.121. The van der Waals surface area contributed by atoms with Crippen LogP contribution in [0.4, 0.5) is 0 Å². The van der Waals surface area contributed by atoms with Crippen molar-refractivity contribution in [3.8, 4) is 0 Å². The molecular weight excluding hydrogens is 296 g/mol. The minimum Gasteiger partial charge on any atom is -0.303 e. The van der Waals surface area contributed by atoms with Crippen molar-refractivity contribution < 1.29 is 9.59 Å². The Morgan fingerprint density at radius 2 is 0.958 bits per heavy atom. The topological polar surface area (TPSA) is 34.1 Å². The predicted molar refractivity (Wildman–Crippen MR) is 104 cm³/mol. The third kappa shape index (κ3) is 12.7. The van der Waals surface area contributed by atoms with Gasteiger partial charge in [0.1, 0.15) is 12.6 Å². The molecule has 0 spiro atoms. The highest BCUT2D eigenvalue weighted by atomic mass is 16.1. The molecule has 0 radical (unpaired) electrons. The molecule has 0 aliphatic heterocycles. The highest BCUT2D eigenvalue weighted by Crippen LogP contribution is 2.32. The number of carbonyl (C=O) groups is 2. The lowest BCUT2D eigenvalue weighted by Crippen LogP contribution is -2.23. The van der Waals surface area contributed by atoms with Gasteiger partial charge in [-0.3, -0.25) is 0 Å². The smallest absolute Gasteiger partial charge is 0.126 e. The highest BCUT2D eigenvalue weighted by molar-refractivity contribution is 5.66. The van der Waals surface area contributed by atoms with Crippen LogP contribution in [-0.2, 0) is 9.59 Å². The summed E-state index contributed by atoms with van der Waals surface area (Å²) in [6.07, 6.45) is 21.9. The van der Waals surface area contributed by atoms with Crippen molar-refractivity contribution in [1.29, 1.82) is 0 Å². The summed E-state index contributed by atoms with van der Waals surface area (Å²) in [4.78, 5) is 22.7. The second kappa shape index (κ2) is 17.2. The quantitative estimate of drug-likeness (QED) is 0.187. The summed E-state index contributed by atoms with van der Waals surface area (Å²) >= 11 is 0. The van der Waals surface area contributed by atoms with Gasteiger partial charge in [-0.2, -0.15) is 0 Å². The fourth-order valence-corrected chi connectivity index (χ4v) is 3.53. The first-order valence-corrected chi connectivity index (χ1v) is 10.6. The van der Waals surface area contributed by atoms with Gasteiger partial charge in [0.05, 0.1) is 0 Å². The maximum atomic E-state index is 11.7. The Morgan fingerprint density at radius 3 is 1.29 bits per heavy atom. The third-order valence-corrected chi connectivity index (χ3v) is 5.30. The summed E-state index contributed by atoms with van der Waals surface area (Å²) in [7, 11) is 0. The third-order valence-electron chi connectivity index (χ3n) is 5.30. The molecule has 0 atom stereocenters. The normalized spacial score (nSPS) is 11.6. The fourth-order valence-electron chi connectivity index (χ4n) is 3.53. The SMILES string of the molecule is CCCCCCCCCC(C=O)(CC=O)CCCCCCCCC. The summed E-state index contributed by atoms with van der Waals surface area (Å²) in [6.45, 7) is 4.48. The van der Waals surface area contributed by atoms with Crippen LogP contribution in [0, 0.1) is 5.41 Å². The van der Waals surface area contributed by atoms with Crippen molar-refractivity contribution in [3.05, 3.63) is 0 Å². The Labute approximate surface area is 151 Å². The van der Waals surface area contributed by atoms with E-state index in [2.05, 4.69) is 13.8 Å². The summed E-state index contributed by atoms with van der Waals surface area (Å²) in [6, 6.07) is 0. The van der Waals surface area contributed by atoms with Crippen LogP contribution < -0.4 is 0 Å². The Kier molecular flexibility index (Phi) is 16.7. The van der Waals surface area contributed by atoms with Gasteiger partial charge in [-0.25, -0.2) is 0 Å². The van der Waals surface area contributed by atoms with Gasteiger partial charge in [0.25, 0.3) is 0 Å². The van der Waals surface area contributed by atoms with E-state index in [1.807, 2.05) is 0 Å². The van der Waals surface area contributed by atoms with Crippen LogP contribution in [0.2, 0.25) is 0 Å². The first-order valence-electron chi connectivity index (χ1n) is 10.6. The minimum absolute atomic E-state index is 0.366. The molecule has 0 amide bonds. The molecule has 0 aromatic carbocycles.